The van der Waals surface area contributed by atoms with Gasteiger partial charge in [0.05, 0.1) is 0 Å². The van der Waals surface area contributed by atoms with Crippen molar-refractivity contribution in [2.45, 2.75) is 26.7 Å². The first-order valence-electron chi connectivity index (χ1n) is 9.38. The van der Waals surface area contributed by atoms with Crippen LogP contribution in [0.5, 0.6) is 0 Å². The first-order chi connectivity index (χ1) is 13.5. The van der Waals surface area contributed by atoms with Crippen LogP contribution in [0.25, 0.3) is 0 Å². The van der Waals surface area contributed by atoms with Crippen molar-refractivity contribution in [1.82, 2.24) is 0 Å². The first-order valence-corrected chi connectivity index (χ1v) is 10.6. The Balaban J connectivity index is 1.67. The molecule has 0 N–H and O–H groups in total. The topological polar surface area (TPSA) is 69.7 Å². The zero-order valence-corrected chi connectivity index (χ0v) is 17.3. The number of carbonyl (C=O) groups excluding carboxylic acids is 2. The zero-order chi connectivity index (χ0) is 20.4. The van der Waals surface area contributed by atoms with Crippen molar-refractivity contribution in [1.29, 1.82) is 0 Å². The van der Waals surface area contributed by atoms with Crippen LogP contribution in [0, 0.1) is 11.8 Å². The zero-order valence-electron chi connectivity index (χ0n) is 16.3. The summed E-state index contributed by atoms with van der Waals surface area (Å²) in [5, 5.41) is 0. The van der Waals surface area contributed by atoms with Gasteiger partial charge < -0.3 is 9.05 Å². The molecule has 6 heteroatoms. The summed E-state index contributed by atoms with van der Waals surface area (Å²) in [5.41, 5.74) is 2.12. The first kappa shape index (κ1) is 22.2. The molecule has 150 valence electrons. The molecular weight excluding hydrogens is 375 g/mol. The molecule has 28 heavy (non-hydrogen) atoms. The SMILES string of the molecule is C[C@@H](Cc1ccccc1)C(=O)CO[PH](=O)OCC(=O)[C@@H](C)Cc1ccccc1. The maximum Gasteiger partial charge on any atom is 0.319 e. The number of benzene rings is 2. The van der Waals surface area contributed by atoms with Crippen LogP contribution in [0.4, 0.5) is 0 Å². The minimum absolute atomic E-state index is 0.144. The summed E-state index contributed by atoms with van der Waals surface area (Å²) in [6.07, 6.45) is 1.20. The molecule has 0 saturated heterocycles. The lowest BCUT2D eigenvalue weighted by atomic mass is 9.98. The largest absolute Gasteiger partial charge is 0.319 e. The van der Waals surface area contributed by atoms with Crippen molar-refractivity contribution >= 4 is 19.8 Å². The maximum absolute atomic E-state index is 12.1. The van der Waals surface area contributed by atoms with Crippen LogP contribution in [-0.2, 0) is 36.0 Å². The van der Waals surface area contributed by atoms with E-state index in [0.29, 0.717) is 12.8 Å². The molecule has 0 aliphatic carbocycles. The highest BCUT2D eigenvalue weighted by molar-refractivity contribution is 7.33. The van der Waals surface area contributed by atoms with Gasteiger partial charge in [-0.3, -0.25) is 14.2 Å². The average Bonchev–Trinajstić information content (AvgIpc) is 2.71. The fourth-order valence-corrected chi connectivity index (χ4v) is 3.35. The molecule has 0 bridgehead atoms. The van der Waals surface area contributed by atoms with E-state index in [4.69, 9.17) is 9.05 Å². The van der Waals surface area contributed by atoms with Crippen LogP contribution in [-0.4, -0.2) is 24.8 Å². The normalized spacial score (nSPS) is 13.2. The Labute approximate surface area is 167 Å². The van der Waals surface area contributed by atoms with Crippen LogP contribution in [0.15, 0.2) is 60.7 Å². The second-order valence-corrected chi connectivity index (χ2v) is 8.02. The molecule has 0 radical (unpaired) electrons. The minimum atomic E-state index is -2.88. The van der Waals surface area contributed by atoms with Gasteiger partial charge in [0, 0.05) is 11.8 Å². The van der Waals surface area contributed by atoms with Gasteiger partial charge in [0.1, 0.15) is 13.2 Å². The number of Topliss-reactive ketones (excluding diaryl/α,β-unsaturated/α-hetero) is 2. The molecule has 2 atom stereocenters. The minimum Gasteiger partial charge on any atom is -0.303 e. The van der Waals surface area contributed by atoms with Gasteiger partial charge in [0.15, 0.2) is 11.6 Å². The summed E-state index contributed by atoms with van der Waals surface area (Å²) in [6, 6.07) is 19.4. The number of carbonyl (C=O) groups is 2. The van der Waals surface area contributed by atoms with Crippen LogP contribution in [0.2, 0.25) is 0 Å². The molecule has 2 rings (SSSR count). The Bertz CT molecular complexity index is 711. The lowest BCUT2D eigenvalue weighted by Crippen LogP contribution is -2.19. The highest BCUT2D eigenvalue weighted by atomic mass is 31.1. The third kappa shape index (κ3) is 7.89. The van der Waals surface area contributed by atoms with E-state index in [2.05, 4.69) is 0 Å². The van der Waals surface area contributed by atoms with E-state index >= 15 is 0 Å². The number of rotatable bonds is 12. The third-order valence-corrected chi connectivity index (χ3v) is 5.29. The van der Waals surface area contributed by atoms with Crippen molar-refractivity contribution in [2.75, 3.05) is 13.2 Å². The Kier molecular flexibility index (Phi) is 9.29. The summed E-state index contributed by atoms with van der Waals surface area (Å²) in [7, 11) is -2.88. The molecule has 0 saturated carbocycles. The molecule has 2 aromatic rings. The lowest BCUT2D eigenvalue weighted by Gasteiger charge is -2.12. The average molecular weight is 402 g/mol. The molecule has 0 aromatic heterocycles. The Morgan fingerprint density at radius 3 is 1.46 bits per heavy atom. The number of hydrogen-bond acceptors (Lipinski definition) is 5. The molecule has 0 fully saturated rings. The molecule has 2 aromatic carbocycles. The monoisotopic (exact) mass is 402 g/mol. The Morgan fingerprint density at radius 1 is 0.750 bits per heavy atom. The standard InChI is InChI=1S/C22H27O5P/c1-17(13-19-9-5-3-6-10-19)21(23)15-26-28(25)27-16-22(24)18(2)14-20-11-7-4-8-12-20/h3-12,17-18,28H,13-16H2,1-2H3/t17-,18-/m0/s1. The van der Waals surface area contributed by atoms with E-state index in [1.807, 2.05) is 74.5 Å². The van der Waals surface area contributed by atoms with Crippen LogP contribution >= 0.6 is 8.25 Å². The third-order valence-electron chi connectivity index (χ3n) is 4.53. The van der Waals surface area contributed by atoms with Gasteiger partial charge in [-0.1, -0.05) is 74.5 Å². The van der Waals surface area contributed by atoms with Crippen molar-refractivity contribution < 1.29 is 23.2 Å². The second kappa shape index (κ2) is 11.7. The van der Waals surface area contributed by atoms with Crippen LogP contribution in [0.3, 0.4) is 0 Å². The van der Waals surface area contributed by atoms with Gasteiger partial charge in [0.2, 0.25) is 0 Å². The second-order valence-electron chi connectivity index (χ2n) is 6.94. The molecule has 0 heterocycles. The van der Waals surface area contributed by atoms with Crippen LogP contribution < -0.4 is 0 Å². The number of hydrogen-bond donors (Lipinski definition) is 0. The summed E-state index contributed by atoms with van der Waals surface area (Å²) >= 11 is 0. The Morgan fingerprint density at radius 2 is 1.11 bits per heavy atom. The summed E-state index contributed by atoms with van der Waals surface area (Å²) in [4.78, 5) is 24.3. The quantitative estimate of drug-likeness (QED) is 0.495. The highest BCUT2D eigenvalue weighted by Gasteiger charge is 2.17. The van der Waals surface area contributed by atoms with Gasteiger partial charge in [-0.05, 0) is 24.0 Å². The van der Waals surface area contributed by atoms with Gasteiger partial charge in [-0.2, -0.15) is 0 Å². The lowest BCUT2D eigenvalue weighted by molar-refractivity contribution is -0.124. The van der Waals surface area contributed by atoms with E-state index < -0.39 is 8.25 Å². The van der Waals surface area contributed by atoms with Crippen molar-refractivity contribution in [3.63, 3.8) is 0 Å². The summed E-state index contributed by atoms with van der Waals surface area (Å²) < 4.78 is 21.9. The molecule has 0 aliphatic heterocycles. The summed E-state index contributed by atoms with van der Waals surface area (Å²) in [5.74, 6) is -0.779. The van der Waals surface area contributed by atoms with E-state index in [9.17, 15) is 14.2 Å². The van der Waals surface area contributed by atoms with Gasteiger partial charge in [-0.15, -0.1) is 0 Å². The van der Waals surface area contributed by atoms with E-state index in [0.717, 1.165) is 11.1 Å². The van der Waals surface area contributed by atoms with E-state index in [1.54, 1.807) is 0 Å². The van der Waals surface area contributed by atoms with Crippen molar-refractivity contribution in [2.24, 2.45) is 11.8 Å². The smallest absolute Gasteiger partial charge is 0.303 e. The van der Waals surface area contributed by atoms with Gasteiger partial charge >= 0.3 is 8.25 Å². The summed E-state index contributed by atoms with van der Waals surface area (Å²) in [6.45, 7) is 3.07. The van der Waals surface area contributed by atoms with Crippen LogP contribution in [0.1, 0.15) is 25.0 Å². The van der Waals surface area contributed by atoms with Crippen molar-refractivity contribution in [3.8, 4) is 0 Å². The fourth-order valence-electron chi connectivity index (χ4n) is 2.75. The molecule has 0 amide bonds. The Hall–Kier alpha value is -2.07. The predicted molar refractivity (Wildman–Crippen MR) is 110 cm³/mol. The molecular formula is C22H27O5P. The van der Waals surface area contributed by atoms with E-state index in [-0.39, 0.29) is 36.6 Å². The van der Waals surface area contributed by atoms with Gasteiger partial charge in [-0.25, -0.2) is 0 Å². The van der Waals surface area contributed by atoms with Gasteiger partial charge in [0.25, 0.3) is 0 Å². The van der Waals surface area contributed by atoms with E-state index in [1.165, 1.54) is 0 Å². The fraction of sp³-hybridized carbons (Fsp3) is 0.364. The maximum atomic E-state index is 12.1. The molecule has 5 nitrogen and oxygen atoms in total. The van der Waals surface area contributed by atoms with Crippen molar-refractivity contribution in [3.05, 3.63) is 71.8 Å². The number of ketones is 2. The molecule has 0 spiro atoms. The molecule has 0 aliphatic rings. The predicted octanol–water partition coefficient (Wildman–Crippen LogP) is 4.31. The molecule has 0 unspecified atom stereocenters. The highest BCUT2D eigenvalue weighted by Crippen LogP contribution is 2.25.